The molecule has 1 nitrogen and oxygen atoms in total. The first-order valence-electron chi connectivity index (χ1n) is 3.84. The minimum absolute atomic E-state index is 0.552. The second-order valence-corrected chi connectivity index (χ2v) is 5.96. The molecule has 1 unspecified atom stereocenters. The Hall–Kier alpha value is -0.0600. The number of aliphatic hydroxyl groups excluding tert-OH is 1. The first-order chi connectivity index (χ1) is 6.68. The maximum Gasteiger partial charge on any atom is 0.115 e. The third kappa shape index (κ3) is 1.97. The van der Waals surface area contributed by atoms with Gasteiger partial charge in [-0.2, -0.15) is 0 Å². The van der Waals surface area contributed by atoms with Gasteiger partial charge in [0.15, 0.2) is 0 Å². The lowest BCUT2D eigenvalue weighted by atomic mass is 10.2. The van der Waals surface area contributed by atoms with E-state index in [1.807, 2.05) is 17.5 Å². The van der Waals surface area contributed by atoms with Crippen molar-refractivity contribution in [3.05, 3.63) is 42.7 Å². The topological polar surface area (TPSA) is 20.2 Å². The van der Waals surface area contributed by atoms with Gasteiger partial charge in [0.05, 0.1) is 4.34 Å². The summed E-state index contributed by atoms with van der Waals surface area (Å²) >= 11 is 14.5. The van der Waals surface area contributed by atoms with Crippen molar-refractivity contribution in [3.8, 4) is 0 Å². The van der Waals surface area contributed by atoms with Gasteiger partial charge in [0.2, 0.25) is 0 Å². The lowest BCUT2D eigenvalue weighted by Crippen LogP contribution is -1.94. The van der Waals surface area contributed by atoms with E-state index in [1.54, 1.807) is 6.07 Å². The molecular formula is C9H6Cl2OS2. The summed E-state index contributed by atoms with van der Waals surface area (Å²) in [6, 6.07) is 5.47. The first-order valence-corrected chi connectivity index (χ1v) is 6.30. The average Bonchev–Trinajstić information content (AvgIpc) is 2.73. The maximum atomic E-state index is 9.95. The molecule has 74 valence electrons. The lowest BCUT2D eigenvalue weighted by Gasteiger charge is -2.06. The zero-order valence-corrected chi connectivity index (χ0v) is 10.1. The molecule has 1 atom stereocenters. The van der Waals surface area contributed by atoms with Crippen molar-refractivity contribution in [1.29, 1.82) is 0 Å². The fraction of sp³-hybridized carbons (Fsp3) is 0.111. The van der Waals surface area contributed by atoms with E-state index in [9.17, 15) is 5.11 Å². The van der Waals surface area contributed by atoms with Crippen LogP contribution in [0.4, 0.5) is 0 Å². The van der Waals surface area contributed by atoms with Crippen LogP contribution in [0.25, 0.3) is 0 Å². The monoisotopic (exact) mass is 264 g/mol. The van der Waals surface area contributed by atoms with Gasteiger partial charge >= 0.3 is 0 Å². The van der Waals surface area contributed by atoms with Gasteiger partial charge in [0.25, 0.3) is 0 Å². The standard InChI is InChI=1S/C9H6Cl2OS2/c10-7-4-5(9(11)14-7)8(12)6-2-1-3-13-6/h1-4,8,12H. The average molecular weight is 265 g/mol. The highest BCUT2D eigenvalue weighted by Gasteiger charge is 2.17. The van der Waals surface area contributed by atoms with E-state index in [-0.39, 0.29) is 0 Å². The SMILES string of the molecule is OC(c1cccs1)c1cc(Cl)sc1Cl. The van der Waals surface area contributed by atoms with Crippen LogP contribution < -0.4 is 0 Å². The number of hydrogen-bond donors (Lipinski definition) is 1. The summed E-state index contributed by atoms with van der Waals surface area (Å²) in [6.07, 6.45) is -0.661. The smallest absolute Gasteiger partial charge is 0.115 e. The van der Waals surface area contributed by atoms with Gasteiger partial charge in [-0.25, -0.2) is 0 Å². The summed E-state index contributed by atoms with van der Waals surface area (Å²) in [7, 11) is 0. The highest BCUT2D eigenvalue weighted by molar-refractivity contribution is 7.20. The molecule has 0 aromatic carbocycles. The molecule has 5 heteroatoms. The Labute approximate surface area is 99.5 Å². The molecule has 2 rings (SSSR count). The highest BCUT2D eigenvalue weighted by atomic mass is 35.5. The second-order valence-electron chi connectivity index (χ2n) is 2.70. The Morgan fingerprint density at radius 2 is 2.14 bits per heavy atom. The van der Waals surface area contributed by atoms with Gasteiger partial charge in [0, 0.05) is 10.4 Å². The van der Waals surface area contributed by atoms with Gasteiger partial charge in [-0.05, 0) is 17.5 Å². The molecule has 2 aromatic heterocycles. The molecule has 0 fully saturated rings. The van der Waals surface area contributed by atoms with Crippen molar-refractivity contribution in [1.82, 2.24) is 0 Å². The zero-order valence-electron chi connectivity index (χ0n) is 6.91. The minimum atomic E-state index is -0.661. The minimum Gasteiger partial charge on any atom is -0.383 e. The van der Waals surface area contributed by atoms with Gasteiger partial charge < -0.3 is 5.11 Å². The Kier molecular flexibility index (Phi) is 3.14. The summed E-state index contributed by atoms with van der Waals surface area (Å²) in [5, 5.41) is 11.9. The number of hydrogen-bond acceptors (Lipinski definition) is 3. The van der Waals surface area contributed by atoms with Crippen LogP contribution in [0.1, 0.15) is 16.5 Å². The third-order valence-corrected chi connectivity index (χ3v) is 4.23. The van der Waals surface area contributed by atoms with Crippen LogP contribution in [-0.2, 0) is 0 Å². The largest absolute Gasteiger partial charge is 0.383 e. The van der Waals surface area contributed by atoms with E-state index in [1.165, 1.54) is 22.7 Å². The van der Waals surface area contributed by atoms with Crippen molar-refractivity contribution in [2.24, 2.45) is 0 Å². The van der Waals surface area contributed by atoms with Crippen molar-refractivity contribution in [3.63, 3.8) is 0 Å². The zero-order chi connectivity index (χ0) is 10.1. The van der Waals surface area contributed by atoms with Gasteiger partial charge in [-0.1, -0.05) is 29.3 Å². The van der Waals surface area contributed by atoms with E-state index in [0.29, 0.717) is 14.2 Å². The summed E-state index contributed by atoms with van der Waals surface area (Å²) in [6.45, 7) is 0. The van der Waals surface area contributed by atoms with Crippen molar-refractivity contribution >= 4 is 45.9 Å². The van der Waals surface area contributed by atoms with Gasteiger partial charge in [-0.3, -0.25) is 0 Å². The molecule has 1 N–H and O–H groups in total. The van der Waals surface area contributed by atoms with Crippen LogP contribution in [0.5, 0.6) is 0 Å². The second kappa shape index (κ2) is 4.21. The van der Waals surface area contributed by atoms with Crippen LogP contribution in [-0.4, -0.2) is 5.11 Å². The number of rotatable bonds is 2. The normalized spacial score (nSPS) is 13.1. The van der Waals surface area contributed by atoms with Gasteiger partial charge in [-0.15, -0.1) is 22.7 Å². The molecule has 0 aliphatic rings. The van der Waals surface area contributed by atoms with Crippen LogP contribution >= 0.6 is 45.9 Å². The quantitative estimate of drug-likeness (QED) is 0.862. The number of halogens is 2. The summed E-state index contributed by atoms with van der Waals surface area (Å²) in [4.78, 5) is 0.876. The van der Waals surface area contributed by atoms with Crippen LogP contribution in [0.15, 0.2) is 23.6 Å². The van der Waals surface area contributed by atoms with E-state index in [0.717, 1.165) is 4.88 Å². The Morgan fingerprint density at radius 1 is 1.36 bits per heavy atom. The van der Waals surface area contributed by atoms with Crippen molar-refractivity contribution in [2.45, 2.75) is 6.10 Å². The molecule has 14 heavy (non-hydrogen) atoms. The fourth-order valence-electron chi connectivity index (χ4n) is 1.14. The predicted octanol–water partition coefficient (Wildman–Crippen LogP) is 4.20. The molecule has 0 amide bonds. The van der Waals surface area contributed by atoms with E-state index >= 15 is 0 Å². The fourth-order valence-corrected chi connectivity index (χ4v) is 3.39. The molecule has 0 spiro atoms. The molecule has 0 radical (unpaired) electrons. The van der Waals surface area contributed by atoms with Crippen molar-refractivity contribution < 1.29 is 5.11 Å². The van der Waals surface area contributed by atoms with Crippen molar-refractivity contribution in [2.75, 3.05) is 0 Å². The number of thiophene rings is 2. The highest BCUT2D eigenvalue weighted by Crippen LogP contribution is 2.38. The molecule has 0 bridgehead atoms. The van der Waals surface area contributed by atoms with E-state index in [2.05, 4.69) is 0 Å². The van der Waals surface area contributed by atoms with E-state index < -0.39 is 6.10 Å². The van der Waals surface area contributed by atoms with Crippen LogP contribution in [0, 0.1) is 0 Å². The summed E-state index contributed by atoms with van der Waals surface area (Å²) in [5.74, 6) is 0. The first kappa shape index (κ1) is 10.5. The lowest BCUT2D eigenvalue weighted by molar-refractivity contribution is 0.225. The molecule has 0 saturated heterocycles. The molecule has 0 saturated carbocycles. The Morgan fingerprint density at radius 3 is 2.64 bits per heavy atom. The molecule has 2 heterocycles. The molecular weight excluding hydrogens is 259 g/mol. The van der Waals surface area contributed by atoms with E-state index in [4.69, 9.17) is 23.2 Å². The van der Waals surface area contributed by atoms with Crippen LogP contribution in [0.3, 0.4) is 0 Å². The predicted molar refractivity (Wildman–Crippen MR) is 62.7 cm³/mol. The van der Waals surface area contributed by atoms with Gasteiger partial charge in [0.1, 0.15) is 10.4 Å². The number of aliphatic hydroxyl groups is 1. The van der Waals surface area contributed by atoms with Crippen LogP contribution in [0.2, 0.25) is 8.67 Å². The molecule has 0 aliphatic carbocycles. The Balaban J connectivity index is 2.36. The molecule has 2 aromatic rings. The maximum absolute atomic E-state index is 9.95. The molecule has 0 aliphatic heterocycles. The Bertz CT molecular complexity index is 422. The summed E-state index contributed by atoms with van der Waals surface area (Å²) in [5.41, 5.74) is 0.684. The third-order valence-electron chi connectivity index (χ3n) is 1.79. The summed E-state index contributed by atoms with van der Waals surface area (Å²) < 4.78 is 1.15.